The SMILES string of the molecule is Cc1[nH]nc2c(OC3CNC3)cccc12. The molecule has 2 heterocycles. The second-order valence-corrected chi connectivity index (χ2v) is 3.90. The number of fused-ring (bicyclic) bond motifs is 1. The highest BCUT2D eigenvalue weighted by molar-refractivity contribution is 5.86. The molecule has 1 aliphatic rings. The molecule has 3 rings (SSSR count). The zero-order valence-electron chi connectivity index (χ0n) is 8.58. The first kappa shape index (κ1) is 8.73. The summed E-state index contributed by atoms with van der Waals surface area (Å²) < 4.78 is 5.83. The third kappa shape index (κ3) is 1.37. The highest BCUT2D eigenvalue weighted by atomic mass is 16.5. The minimum Gasteiger partial charge on any atom is -0.485 e. The molecule has 1 aromatic carbocycles. The number of aromatic nitrogens is 2. The molecule has 0 radical (unpaired) electrons. The Bertz CT molecular complexity index is 488. The smallest absolute Gasteiger partial charge is 0.147 e. The Morgan fingerprint density at radius 3 is 3.00 bits per heavy atom. The average Bonchev–Trinajstić information content (AvgIpc) is 2.55. The quantitative estimate of drug-likeness (QED) is 0.771. The molecule has 78 valence electrons. The molecule has 0 amide bonds. The molecule has 4 nitrogen and oxygen atoms in total. The van der Waals surface area contributed by atoms with Crippen LogP contribution in [0.1, 0.15) is 5.69 Å². The number of rotatable bonds is 2. The Labute approximate surface area is 87.6 Å². The molecule has 0 atom stereocenters. The third-order valence-corrected chi connectivity index (χ3v) is 2.78. The van der Waals surface area contributed by atoms with Gasteiger partial charge in [-0.3, -0.25) is 5.10 Å². The van der Waals surface area contributed by atoms with Crippen molar-refractivity contribution in [1.82, 2.24) is 15.5 Å². The van der Waals surface area contributed by atoms with Crippen LogP contribution in [0.3, 0.4) is 0 Å². The molecule has 0 unspecified atom stereocenters. The lowest BCUT2D eigenvalue weighted by molar-refractivity contribution is 0.144. The van der Waals surface area contributed by atoms with E-state index in [1.54, 1.807) is 0 Å². The van der Waals surface area contributed by atoms with E-state index in [1.165, 1.54) is 0 Å². The van der Waals surface area contributed by atoms with Crippen molar-refractivity contribution in [3.63, 3.8) is 0 Å². The van der Waals surface area contributed by atoms with Gasteiger partial charge in [0.05, 0.1) is 0 Å². The van der Waals surface area contributed by atoms with Gasteiger partial charge < -0.3 is 10.1 Å². The number of H-pyrrole nitrogens is 1. The number of para-hydroxylation sites is 1. The molecule has 0 aliphatic carbocycles. The Balaban J connectivity index is 2.01. The van der Waals surface area contributed by atoms with Crippen molar-refractivity contribution in [3.05, 3.63) is 23.9 Å². The summed E-state index contributed by atoms with van der Waals surface area (Å²) in [5.74, 6) is 0.878. The zero-order chi connectivity index (χ0) is 10.3. The molecular formula is C11H13N3O. The van der Waals surface area contributed by atoms with Gasteiger partial charge in [0.2, 0.25) is 0 Å². The second kappa shape index (κ2) is 3.24. The van der Waals surface area contributed by atoms with Crippen molar-refractivity contribution >= 4 is 10.9 Å². The van der Waals surface area contributed by atoms with Crippen molar-refractivity contribution < 1.29 is 4.74 Å². The van der Waals surface area contributed by atoms with Crippen molar-refractivity contribution in [1.29, 1.82) is 0 Å². The van der Waals surface area contributed by atoms with E-state index in [4.69, 9.17) is 4.74 Å². The summed E-state index contributed by atoms with van der Waals surface area (Å²) in [6.07, 6.45) is 0.299. The van der Waals surface area contributed by atoms with Crippen LogP contribution in [-0.4, -0.2) is 29.4 Å². The van der Waals surface area contributed by atoms with E-state index >= 15 is 0 Å². The lowest BCUT2D eigenvalue weighted by Gasteiger charge is -2.27. The van der Waals surface area contributed by atoms with Gasteiger partial charge in [-0.2, -0.15) is 5.10 Å². The Hall–Kier alpha value is -1.55. The first-order valence-electron chi connectivity index (χ1n) is 5.15. The summed E-state index contributed by atoms with van der Waals surface area (Å²) in [7, 11) is 0. The summed E-state index contributed by atoms with van der Waals surface area (Å²) in [6.45, 7) is 3.88. The minimum absolute atomic E-state index is 0.299. The predicted octanol–water partition coefficient (Wildman–Crippen LogP) is 1.22. The van der Waals surface area contributed by atoms with Crippen molar-refractivity contribution in [2.75, 3.05) is 13.1 Å². The number of nitrogens with zero attached hydrogens (tertiary/aromatic N) is 1. The zero-order valence-corrected chi connectivity index (χ0v) is 8.58. The van der Waals surface area contributed by atoms with Crippen LogP contribution in [0, 0.1) is 6.92 Å². The number of hydrogen-bond acceptors (Lipinski definition) is 3. The lowest BCUT2D eigenvalue weighted by atomic mass is 10.2. The van der Waals surface area contributed by atoms with E-state index in [0.29, 0.717) is 6.10 Å². The number of benzene rings is 1. The van der Waals surface area contributed by atoms with Gasteiger partial charge in [0.15, 0.2) is 0 Å². The molecule has 1 aromatic heterocycles. The highest BCUT2D eigenvalue weighted by Crippen LogP contribution is 2.26. The number of aromatic amines is 1. The Morgan fingerprint density at radius 1 is 1.40 bits per heavy atom. The van der Waals surface area contributed by atoms with Crippen molar-refractivity contribution in [2.45, 2.75) is 13.0 Å². The summed E-state index contributed by atoms with van der Waals surface area (Å²) >= 11 is 0. The lowest BCUT2D eigenvalue weighted by Crippen LogP contribution is -2.50. The Kier molecular flexibility index (Phi) is 1.89. The van der Waals surface area contributed by atoms with Gasteiger partial charge in [-0.05, 0) is 13.0 Å². The molecule has 1 aliphatic heterocycles. The number of hydrogen-bond donors (Lipinski definition) is 2. The molecule has 1 saturated heterocycles. The summed E-state index contributed by atoms with van der Waals surface area (Å²) in [6, 6.07) is 6.03. The first-order valence-corrected chi connectivity index (χ1v) is 5.15. The van der Waals surface area contributed by atoms with Crippen molar-refractivity contribution in [2.24, 2.45) is 0 Å². The first-order chi connectivity index (χ1) is 7.34. The van der Waals surface area contributed by atoms with E-state index in [1.807, 2.05) is 19.1 Å². The molecule has 2 aromatic rings. The summed E-state index contributed by atoms with van der Waals surface area (Å²) in [5, 5.41) is 11.6. The minimum atomic E-state index is 0.299. The van der Waals surface area contributed by atoms with Gasteiger partial charge in [-0.25, -0.2) is 0 Å². The van der Waals surface area contributed by atoms with Crippen LogP contribution in [0.2, 0.25) is 0 Å². The van der Waals surface area contributed by atoms with E-state index in [-0.39, 0.29) is 0 Å². The topological polar surface area (TPSA) is 49.9 Å². The van der Waals surface area contributed by atoms with Gasteiger partial charge in [0, 0.05) is 24.2 Å². The standard InChI is InChI=1S/C11H13N3O/c1-7-9-3-2-4-10(11(9)14-13-7)15-8-5-12-6-8/h2-4,8,12H,5-6H2,1H3,(H,13,14). The van der Waals surface area contributed by atoms with Crippen molar-refractivity contribution in [3.8, 4) is 5.75 Å². The molecule has 0 bridgehead atoms. The molecule has 0 saturated carbocycles. The fourth-order valence-corrected chi connectivity index (χ4v) is 1.76. The molecule has 15 heavy (non-hydrogen) atoms. The number of ether oxygens (including phenoxy) is 1. The maximum Gasteiger partial charge on any atom is 0.147 e. The average molecular weight is 203 g/mol. The van der Waals surface area contributed by atoms with Gasteiger partial charge in [0.25, 0.3) is 0 Å². The maximum absolute atomic E-state index is 5.83. The predicted molar refractivity (Wildman–Crippen MR) is 58.1 cm³/mol. The van der Waals surface area contributed by atoms with Crippen LogP contribution < -0.4 is 10.1 Å². The van der Waals surface area contributed by atoms with Gasteiger partial charge in [0.1, 0.15) is 17.4 Å². The summed E-state index contributed by atoms with van der Waals surface area (Å²) in [5.41, 5.74) is 2.02. The third-order valence-electron chi connectivity index (χ3n) is 2.78. The van der Waals surface area contributed by atoms with Crippen LogP contribution in [-0.2, 0) is 0 Å². The van der Waals surface area contributed by atoms with Crippen LogP contribution in [0.4, 0.5) is 0 Å². The Morgan fingerprint density at radius 2 is 2.27 bits per heavy atom. The van der Waals surface area contributed by atoms with E-state index in [9.17, 15) is 0 Å². The van der Waals surface area contributed by atoms with Gasteiger partial charge in [-0.1, -0.05) is 12.1 Å². The normalized spacial score (nSPS) is 16.6. The van der Waals surface area contributed by atoms with E-state index < -0.39 is 0 Å². The fourth-order valence-electron chi connectivity index (χ4n) is 1.76. The molecule has 0 spiro atoms. The largest absolute Gasteiger partial charge is 0.485 e. The van der Waals surface area contributed by atoms with Crippen LogP contribution >= 0.6 is 0 Å². The van der Waals surface area contributed by atoms with Crippen LogP contribution in [0.15, 0.2) is 18.2 Å². The van der Waals surface area contributed by atoms with Gasteiger partial charge in [-0.15, -0.1) is 0 Å². The summed E-state index contributed by atoms with van der Waals surface area (Å²) in [4.78, 5) is 0. The van der Waals surface area contributed by atoms with Gasteiger partial charge >= 0.3 is 0 Å². The molecule has 1 fully saturated rings. The number of nitrogens with one attached hydrogen (secondary N) is 2. The second-order valence-electron chi connectivity index (χ2n) is 3.90. The van der Waals surface area contributed by atoms with E-state index in [0.717, 1.165) is 35.4 Å². The molecule has 2 N–H and O–H groups in total. The van der Waals surface area contributed by atoms with E-state index in [2.05, 4.69) is 21.6 Å². The molecular weight excluding hydrogens is 190 g/mol. The fraction of sp³-hybridized carbons (Fsp3) is 0.364. The van der Waals surface area contributed by atoms with Crippen LogP contribution in [0.5, 0.6) is 5.75 Å². The molecule has 4 heteroatoms. The monoisotopic (exact) mass is 203 g/mol. The maximum atomic E-state index is 5.83. The van der Waals surface area contributed by atoms with Crippen LogP contribution in [0.25, 0.3) is 10.9 Å². The number of aryl methyl sites for hydroxylation is 1. The highest BCUT2D eigenvalue weighted by Gasteiger charge is 2.19.